The maximum Gasteiger partial charge on any atom is 0.358 e. The van der Waals surface area contributed by atoms with Gasteiger partial charge in [0.1, 0.15) is 5.75 Å². The number of nitrogens with one attached hydrogen (secondary N) is 1. The summed E-state index contributed by atoms with van der Waals surface area (Å²) in [6.45, 7) is 3.36. The molecule has 3 rings (SSSR count). The predicted molar refractivity (Wildman–Crippen MR) is 102 cm³/mol. The molecule has 1 amide bonds. The average molecular weight is 367 g/mol. The van der Waals surface area contributed by atoms with Crippen LogP contribution in [0.25, 0.3) is 10.8 Å². The van der Waals surface area contributed by atoms with Gasteiger partial charge in [-0.05, 0) is 25.3 Å². The standard InChI is InChI=1S/C20H21N3O4/c1-12-17(18(20(25)26-4)23(3)22-12)21-19(24)13(2)27-16-11-7-9-14-8-5-6-10-15(14)16/h5-11,13H,1-4H3,(H,21,24). The highest BCUT2D eigenvalue weighted by Gasteiger charge is 2.25. The molecule has 0 saturated carbocycles. The van der Waals surface area contributed by atoms with Crippen LogP contribution in [0.3, 0.4) is 0 Å². The molecule has 1 N–H and O–H groups in total. The highest BCUT2D eigenvalue weighted by atomic mass is 16.5. The molecule has 0 aliphatic rings. The van der Waals surface area contributed by atoms with E-state index in [0.717, 1.165) is 10.8 Å². The number of fused-ring (bicyclic) bond motifs is 1. The summed E-state index contributed by atoms with van der Waals surface area (Å²) in [5.74, 6) is -0.341. The van der Waals surface area contributed by atoms with Gasteiger partial charge < -0.3 is 14.8 Å². The van der Waals surface area contributed by atoms with Crippen LogP contribution in [0.5, 0.6) is 5.75 Å². The van der Waals surface area contributed by atoms with E-state index in [1.165, 1.54) is 11.8 Å². The lowest BCUT2D eigenvalue weighted by Crippen LogP contribution is -2.31. The number of nitrogens with zero attached hydrogens (tertiary/aromatic N) is 2. The number of hydrogen-bond acceptors (Lipinski definition) is 5. The quantitative estimate of drug-likeness (QED) is 0.701. The molecule has 0 saturated heterocycles. The Morgan fingerprint density at radius 3 is 2.59 bits per heavy atom. The number of hydrogen-bond donors (Lipinski definition) is 1. The number of aromatic nitrogens is 2. The molecular formula is C20H21N3O4. The van der Waals surface area contributed by atoms with Crippen LogP contribution in [0, 0.1) is 6.92 Å². The number of esters is 1. The molecule has 0 fully saturated rings. The molecule has 0 bridgehead atoms. The van der Waals surface area contributed by atoms with Crippen molar-refractivity contribution in [2.24, 2.45) is 7.05 Å². The number of carbonyl (C=O) groups is 2. The molecule has 0 aliphatic carbocycles. The predicted octanol–water partition coefficient (Wildman–Crippen LogP) is 3.07. The van der Waals surface area contributed by atoms with E-state index in [1.807, 2.05) is 42.5 Å². The molecule has 1 heterocycles. The molecule has 0 spiro atoms. The lowest BCUT2D eigenvalue weighted by molar-refractivity contribution is -0.122. The van der Waals surface area contributed by atoms with Crippen molar-refractivity contribution < 1.29 is 19.1 Å². The van der Waals surface area contributed by atoms with E-state index in [9.17, 15) is 9.59 Å². The molecule has 1 unspecified atom stereocenters. The number of methoxy groups -OCH3 is 1. The Bertz CT molecular complexity index is 1000. The normalized spacial score (nSPS) is 11.9. The van der Waals surface area contributed by atoms with Crippen LogP contribution in [-0.4, -0.2) is 34.9 Å². The van der Waals surface area contributed by atoms with Crippen LogP contribution in [0.4, 0.5) is 5.69 Å². The largest absolute Gasteiger partial charge is 0.480 e. The maximum absolute atomic E-state index is 12.7. The second kappa shape index (κ2) is 7.49. The molecule has 0 aliphatic heterocycles. The van der Waals surface area contributed by atoms with E-state index in [4.69, 9.17) is 9.47 Å². The van der Waals surface area contributed by atoms with Gasteiger partial charge in [0.2, 0.25) is 0 Å². The molecule has 1 atom stereocenters. The minimum Gasteiger partial charge on any atom is -0.480 e. The minimum absolute atomic E-state index is 0.181. The summed E-state index contributed by atoms with van der Waals surface area (Å²) in [4.78, 5) is 24.6. The molecule has 7 nitrogen and oxygen atoms in total. The van der Waals surface area contributed by atoms with Gasteiger partial charge >= 0.3 is 5.97 Å². The van der Waals surface area contributed by atoms with Crippen LogP contribution in [0.15, 0.2) is 42.5 Å². The van der Waals surface area contributed by atoms with Crippen molar-refractivity contribution in [1.82, 2.24) is 9.78 Å². The second-order valence-corrected chi connectivity index (χ2v) is 6.15. The summed E-state index contributed by atoms with van der Waals surface area (Å²) >= 11 is 0. The van der Waals surface area contributed by atoms with Gasteiger partial charge in [0, 0.05) is 12.4 Å². The first-order chi connectivity index (χ1) is 12.9. The summed E-state index contributed by atoms with van der Waals surface area (Å²) in [5, 5.41) is 8.86. The van der Waals surface area contributed by atoms with Crippen LogP contribution in [0.1, 0.15) is 23.1 Å². The van der Waals surface area contributed by atoms with Gasteiger partial charge in [0.15, 0.2) is 11.8 Å². The Kier molecular flexibility index (Phi) is 5.12. The maximum atomic E-state index is 12.7. The zero-order chi connectivity index (χ0) is 19.6. The Morgan fingerprint density at radius 1 is 1.15 bits per heavy atom. The van der Waals surface area contributed by atoms with Gasteiger partial charge in [0.05, 0.1) is 18.5 Å². The van der Waals surface area contributed by atoms with Crippen molar-refractivity contribution in [3.63, 3.8) is 0 Å². The second-order valence-electron chi connectivity index (χ2n) is 6.15. The summed E-state index contributed by atoms with van der Waals surface area (Å²) < 4.78 is 12.0. The molecule has 3 aromatic rings. The molecule has 0 radical (unpaired) electrons. The van der Waals surface area contributed by atoms with Crippen molar-refractivity contribution in [2.45, 2.75) is 20.0 Å². The van der Waals surface area contributed by atoms with E-state index >= 15 is 0 Å². The monoisotopic (exact) mass is 367 g/mol. The minimum atomic E-state index is -0.777. The first-order valence-corrected chi connectivity index (χ1v) is 8.49. The fourth-order valence-electron chi connectivity index (χ4n) is 2.91. The summed E-state index contributed by atoms with van der Waals surface area (Å²) in [6, 6.07) is 13.5. The van der Waals surface area contributed by atoms with E-state index < -0.39 is 12.1 Å². The smallest absolute Gasteiger partial charge is 0.358 e. The summed E-state index contributed by atoms with van der Waals surface area (Å²) in [7, 11) is 2.90. The van der Waals surface area contributed by atoms with Crippen molar-refractivity contribution in [3.05, 3.63) is 53.9 Å². The van der Waals surface area contributed by atoms with Crippen molar-refractivity contribution in [2.75, 3.05) is 12.4 Å². The van der Waals surface area contributed by atoms with E-state index in [-0.39, 0.29) is 11.6 Å². The number of amides is 1. The Balaban J connectivity index is 1.82. The number of anilines is 1. The van der Waals surface area contributed by atoms with E-state index in [2.05, 4.69) is 10.4 Å². The number of rotatable bonds is 5. The molecule has 7 heteroatoms. The summed E-state index contributed by atoms with van der Waals surface area (Å²) in [6.07, 6.45) is -0.777. The molecule has 140 valence electrons. The first kappa shape index (κ1) is 18.4. The van der Waals surface area contributed by atoms with Gasteiger partial charge in [-0.15, -0.1) is 0 Å². The van der Waals surface area contributed by atoms with Crippen LogP contribution in [-0.2, 0) is 16.6 Å². The number of carbonyl (C=O) groups excluding carboxylic acids is 2. The Hall–Kier alpha value is -3.35. The summed E-state index contributed by atoms with van der Waals surface area (Å²) in [5.41, 5.74) is 1.02. The first-order valence-electron chi connectivity index (χ1n) is 8.49. The van der Waals surface area contributed by atoms with Crippen LogP contribution in [0.2, 0.25) is 0 Å². The Labute approximate surface area is 156 Å². The Morgan fingerprint density at radius 2 is 1.85 bits per heavy atom. The van der Waals surface area contributed by atoms with E-state index in [0.29, 0.717) is 17.1 Å². The molecule has 27 heavy (non-hydrogen) atoms. The third-order valence-corrected chi connectivity index (χ3v) is 4.27. The lowest BCUT2D eigenvalue weighted by atomic mass is 10.1. The van der Waals surface area contributed by atoms with Gasteiger partial charge in [-0.2, -0.15) is 5.10 Å². The third kappa shape index (κ3) is 3.62. The highest BCUT2D eigenvalue weighted by Crippen LogP contribution is 2.27. The zero-order valence-electron chi connectivity index (χ0n) is 15.6. The molecular weight excluding hydrogens is 346 g/mol. The number of benzene rings is 2. The van der Waals surface area contributed by atoms with Gasteiger partial charge in [-0.25, -0.2) is 4.79 Å². The zero-order valence-corrected chi connectivity index (χ0v) is 15.6. The van der Waals surface area contributed by atoms with Crippen molar-refractivity contribution in [3.8, 4) is 5.75 Å². The van der Waals surface area contributed by atoms with Crippen LogP contribution < -0.4 is 10.1 Å². The van der Waals surface area contributed by atoms with Gasteiger partial charge in [-0.1, -0.05) is 36.4 Å². The number of ether oxygens (including phenoxy) is 2. The highest BCUT2D eigenvalue weighted by molar-refractivity contribution is 6.02. The third-order valence-electron chi connectivity index (χ3n) is 4.27. The fraction of sp³-hybridized carbons (Fsp3) is 0.250. The van der Waals surface area contributed by atoms with Crippen molar-refractivity contribution >= 4 is 28.3 Å². The van der Waals surface area contributed by atoms with Gasteiger partial charge in [-0.3, -0.25) is 9.48 Å². The molecule has 1 aromatic heterocycles. The van der Waals surface area contributed by atoms with E-state index in [1.54, 1.807) is 20.9 Å². The topological polar surface area (TPSA) is 82.4 Å². The SMILES string of the molecule is COC(=O)c1c(NC(=O)C(C)Oc2cccc3ccccc23)c(C)nn1C. The average Bonchev–Trinajstić information content (AvgIpc) is 2.94. The van der Waals surface area contributed by atoms with Crippen LogP contribution >= 0.6 is 0 Å². The fourth-order valence-corrected chi connectivity index (χ4v) is 2.91. The lowest BCUT2D eigenvalue weighted by Gasteiger charge is -2.16. The number of aryl methyl sites for hydroxylation is 2. The van der Waals surface area contributed by atoms with Gasteiger partial charge in [0.25, 0.3) is 5.91 Å². The molecule has 2 aromatic carbocycles. The van der Waals surface area contributed by atoms with Crippen molar-refractivity contribution in [1.29, 1.82) is 0 Å².